The van der Waals surface area contributed by atoms with E-state index in [2.05, 4.69) is 22.9 Å². The molecule has 0 radical (unpaired) electrons. The minimum atomic E-state index is -0.512. The van der Waals surface area contributed by atoms with Gasteiger partial charge in [-0.25, -0.2) is 0 Å². The second-order valence-corrected chi connectivity index (χ2v) is 5.19. The van der Waals surface area contributed by atoms with Crippen LogP contribution in [0, 0.1) is 0 Å². The molecule has 1 aromatic heterocycles. The number of carbonyl (C=O) groups excluding carboxylic acids is 1. The van der Waals surface area contributed by atoms with Crippen LogP contribution < -0.4 is 0 Å². The highest BCUT2D eigenvalue weighted by Gasteiger charge is 2.17. The summed E-state index contributed by atoms with van der Waals surface area (Å²) >= 11 is 3.38. The van der Waals surface area contributed by atoms with Crippen molar-refractivity contribution in [3.05, 3.63) is 22.4 Å². The number of carbonyl (C=O) groups is 1. The number of aromatic nitrogens is 1. The number of likely N-dealkylation sites (N-methyl/N-ethyl adjacent to an activating group) is 1. The van der Waals surface area contributed by atoms with Gasteiger partial charge in [-0.2, -0.15) is 0 Å². The van der Waals surface area contributed by atoms with Gasteiger partial charge in [0.15, 0.2) is 0 Å². The molecule has 0 saturated heterocycles. The molecule has 1 rings (SSSR count). The predicted molar refractivity (Wildman–Crippen MR) is 71.1 cm³/mol. The van der Waals surface area contributed by atoms with Crippen molar-refractivity contribution in [3.63, 3.8) is 0 Å². The molecule has 0 fully saturated rings. The van der Waals surface area contributed by atoms with Crippen molar-refractivity contribution in [3.8, 4) is 0 Å². The van der Waals surface area contributed by atoms with Gasteiger partial charge in [0.05, 0.1) is 6.10 Å². The molecular formula is C12H19BrN2O2. The number of halogens is 1. The summed E-state index contributed by atoms with van der Waals surface area (Å²) in [6.45, 7) is 4.90. The Hall–Kier alpha value is -0.810. The van der Waals surface area contributed by atoms with E-state index in [1.54, 1.807) is 18.9 Å². The van der Waals surface area contributed by atoms with Gasteiger partial charge < -0.3 is 14.6 Å². The van der Waals surface area contributed by atoms with Crippen molar-refractivity contribution in [1.29, 1.82) is 0 Å². The maximum absolute atomic E-state index is 12.2. The molecule has 0 aliphatic carbocycles. The zero-order chi connectivity index (χ0) is 13.0. The lowest BCUT2D eigenvalue weighted by Gasteiger charge is -2.19. The summed E-state index contributed by atoms with van der Waals surface area (Å²) in [6, 6.07) is 1.82. The number of aliphatic hydroxyl groups is 1. The van der Waals surface area contributed by atoms with Gasteiger partial charge in [-0.05, 0) is 35.3 Å². The minimum Gasteiger partial charge on any atom is -0.392 e. The Morgan fingerprint density at radius 2 is 2.29 bits per heavy atom. The van der Waals surface area contributed by atoms with Gasteiger partial charge in [-0.15, -0.1) is 0 Å². The second-order valence-electron chi connectivity index (χ2n) is 4.27. The average Bonchev–Trinajstić information content (AvgIpc) is 2.58. The molecule has 1 aromatic rings. The van der Waals surface area contributed by atoms with Crippen LogP contribution in [0.2, 0.25) is 0 Å². The van der Waals surface area contributed by atoms with E-state index >= 15 is 0 Å². The van der Waals surface area contributed by atoms with Crippen molar-refractivity contribution < 1.29 is 9.90 Å². The zero-order valence-corrected chi connectivity index (χ0v) is 12.1. The molecule has 0 spiro atoms. The number of nitrogens with zero attached hydrogens (tertiary/aromatic N) is 2. The van der Waals surface area contributed by atoms with E-state index in [-0.39, 0.29) is 5.91 Å². The molecule has 1 N–H and O–H groups in total. The van der Waals surface area contributed by atoms with Crippen molar-refractivity contribution in [2.75, 3.05) is 13.6 Å². The third-order valence-electron chi connectivity index (χ3n) is 2.43. The van der Waals surface area contributed by atoms with E-state index in [1.165, 1.54) is 0 Å². The van der Waals surface area contributed by atoms with Gasteiger partial charge in [-0.3, -0.25) is 4.79 Å². The summed E-state index contributed by atoms with van der Waals surface area (Å²) in [7, 11) is 1.70. The van der Waals surface area contributed by atoms with Crippen molar-refractivity contribution in [1.82, 2.24) is 9.47 Å². The fraction of sp³-hybridized carbons (Fsp3) is 0.583. The lowest BCUT2D eigenvalue weighted by molar-refractivity contribution is 0.0693. The summed E-state index contributed by atoms with van der Waals surface area (Å²) in [5.74, 6) is -0.0648. The van der Waals surface area contributed by atoms with E-state index < -0.39 is 6.10 Å². The summed E-state index contributed by atoms with van der Waals surface area (Å²) in [6.07, 6.45) is 2.37. The van der Waals surface area contributed by atoms with Gasteiger partial charge in [-0.1, -0.05) is 6.92 Å². The summed E-state index contributed by atoms with van der Waals surface area (Å²) in [4.78, 5) is 13.7. The molecule has 17 heavy (non-hydrogen) atoms. The maximum atomic E-state index is 12.2. The second kappa shape index (κ2) is 6.21. The molecule has 96 valence electrons. The zero-order valence-electron chi connectivity index (χ0n) is 10.5. The number of aliphatic hydroxyl groups excluding tert-OH is 1. The number of amides is 1. The van der Waals surface area contributed by atoms with Gasteiger partial charge in [0.1, 0.15) is 5.69 Å². The van der Waals surface area contributed by atoms with Gasteiger partial charge in [0.2, 0.25) is 0 Å². The first-order valence-corrected chi connectivity index (χ1v) is 6.54. The summed E-state index contributed by atoms with van der Waals surface area (Å²) in [5, 5.41) is 9.29. The number of hydrogen-bond donors (Lipinski definition) is 1. The average molecular weight is 303 g/mol. The first kappa shape index (κ1) is 14.3. The predicted octanol–water partition coefficient (Wildman–Crippen LogP) is 2.11. The highest BCUT2D eigenvalue weighted by atomic mass is 79.9. The Kier molecular flexibility index (Phi) is 5.21. The van der Waals surface area contributed by atoms with Crippen LogP contribution in [0.1, 0.15) is 30.8 Å². The van der Waals surface area contributed by atoms with E-state index in [0.29, 0.717) is 12.2 Å². The highest BCUT2D eigenvalue weighted by Crippen LogP contribution is 2.17. The van der Waals surface area contributed by atoms with Gasteiger partial charge in [0.25, 0.3) is 5.91 Å². The Morgan fingerprint density at radius 1 is 1.65 bits per heavy atom. The monoisotopic (exact) mass is 302 g/mol. The van der Waals surface area contributed by atoms with E-state index in [9.17, 15) is 9.90 Å². The molecule has 1 unspecified atom stereocenters. The van der Waals surface area contributed by atoms with Crippen LogP contribution in [0.25, 0.3) is 0 Å². The third-order valence-corrected chi connectivity index (χ3v) is 2.87. The molecule has 0 aliphatic heterocycles. The van der Waals surface area contributed by atoms with Crippen LogP contribution in [0.15, 0.2) is 16.7 Å². The normalized spacial score (nSPS) is 12.5. The lowest BCUT2D eigenvalue weighted by atomic mass is 10.3. The number of hydrogen-bond acceptors (Lipinski definition) is 2. The molecule has 0 bridgehead atoms. The van der Waals surface area contributed by atoms with E-state index in [0.717, 1.165) is 17.4 Å². The first-order valence-electron chi connectivity index (χ1n) is 5.75. The number of aryl methyl sites for hydroxylation is 1. The van der Waals surface area contributed by atoms with Crippen LogP contribution >= 0.6 is 15.9 Å². The molecule has 5 heteroatoms. The smallest absolute Gasteiger partial charge is 0.270 e. The largest absolute Gasteiger partial charge is 0.392 e. The van der Waals surface area contributed by atoms with Crippen LogP contribution in [0.4, 0.5) is 0 Å². The summed E-state index contributed by atoms with van der Waals surface area (Å²) in [5.41, 5.74) is 0.655. The molecule has 4 nitrogen and oxygen atoms in total. The van der Waals surface area contributed by atoms with Crippen LogP contribution in [0.5, 0.6) is 0 Å². The van der Waals surface area contributed by atoms with E-state index in [4.69, 9.17) is 0 Å². The van der Waals surface area contributed by atoms with E-state index in [1.807, 2.05) is 16.8 Å². The van der Waals surface area contributed by atoms with Gasteiger partial charge in [0, 0.05) is 30.8 Å². The van der Waals surface area contributed by atoms with Gasteiger partial charge >= 0.3 is 0 Å². The van der Waals surface area contributed by atoms with Crippen molar-refractivity contribution in [2.45, 2.75) is 32.9 Å². The minimum absolute atomic E-state index is 0.0648. The topological polar surface area (TPSA) is 45.5 Å². The van der Waals surface area contributed by atoms with Crippen LogP contribution in [-0.2, 0) is 6.54 Å². The fourth-order valence-electron chi connectivity index (χ4n) is 1.75. The molecule has 0 aliphatic rings. The standard InChI is InChI=1S/C12H19BrN2O2/c1-4-5-15-8-10(13)6-11(15)12(17)14(3)7-9(2)16/h6,8-9,16H,4-5,7H2,1-3H3. The van der Waals surface area contributed by atoms with Crippen molar-refractivity contribution in [2.24, 2.45) is 0 Å². The summed E-state index contributed by atoms with van der Waals surface area (Å²) < 4.78 is 2.84. The quantitative estimate of drug-likeness (QED) is 0.905. The Morgan fingerprint density at radius 3 is 2.82 bits per heavy atom. The molecule has 1 atom stereocenters. The lowest BCUT2D eigenvalue weighted by Crippen LogP contribution is -2.34. The third kappa shape index (κ3) is 3.85. The maximum Gasteiger partial charge on any atom is 0.270 e. The molecular weight excluding hydrogens is 284 g/mol. The Balaban J connectivity index is 2.87. The van der Waals surface area contributed by atoms with Crippen molar-refractivity contribution >= 4 is 21.8 Å². The SMILES string of the molecule is CCCn1cc(Br)cc1C(=O)N(C)CC(C)O. The fourth-order valence-corrected chi connectivity index (χ4v) is 2.22. The Labute approximate surface area is 110 Å². The molecule has 1 amide bonds. The number of rotatable bonds is 5. The van der Waals surface area contributed by atoms with Crippen LogP contribution in [-0.4, -0.2) is 40.2 Å². The first-order chi connectivity index (χ1) is 7.95. The molecule has 1 heterocycles. The highest BCUT2D eigenvalue weighted by molar-refractivity contribution is 9.10. The molecule has 0 aromatic carbocycles. The Bertz CT molecular complexity index is 388. The molecule has 0 saturated carbocycles. The van der Waals surface area contributed by atoms with Crippen LogP contribution in [0.3, 0.4) is 0 Å².